The highest BCUT2D eigenvalue weighted by molar-refractivity contribution is 4.55. The van der Waals surface area contributed by atoms with Gasteiger partial charge in [-0.25, -0.2) is 0 Å². The van der Waals surface area contributed by atoms with Gasteiger partial charge in [-0.1, -0.05) is 52.4 Å². The molecule has 0 bridgehead atoms. The molecule has 0 aromatic carbocycles. The largest absolute Gasteiger partial charge is 0.380 e. The fraction of sp³-hybridized carbons (Fsp3) is 1.00. The van der Waals surface area contributed by atoms with Crippen molar-refractivity contribution in [1.29, 1.82) is 0 Å². The summed E-state index contributed by atoms with van der Waals surface area (Å²) in [5.74, 6) is 0. The van der Waals surface area contributed by atoms with E-state index in [-0.39, 0.29) is 6.04 Å². The van der Waals surface area contributed by atoms with Crippen molar-refractivity contribution in [3.63, 3.8) is 0 Å². The fourth-order valence-corrected chi connectivity index (χ4v) is 1.51. The Bertz CT molecular complexity index is 117. The molecule has 0 aliphatic rings. The Morgan fingerprint density at radius 2 is 1.53 bits per heavy atom. The van der Waals surface area contributed by atoms with Crippen LogP contribution in [0.5, 0.6) is 0 Å². The van der Waals surface area contributed by atoms with Crippen LogP contribution in [0, 0.1) is 0 Å². The van der Waals surface area contributed by atoms with Crippen LogP contribution in [0.2, 0.25) is 0 Å². The molecule has 0 amide bonds. The molecule has 0 saturated carbocycles. The predicted octanol–water partition coefficient (Wildman–Crippen LogP) is 3.49. The van der Waals surface area contributed by atoms with E-state index < -0.39 is 0 Å². The molecule has 2 nitrogen and oxygen atoms in total. The van der Waals surface area contributed by atoms with Crippen LogP contribution in [0.25, 0.3) is 0 Å². The van der Waals surface area contributed by atoms with E-state index in [4.69, 9.17) is 10.5 Å². The van der Waals surface area contributed by atoms with Crippen molar-refractivity contribution in [1.82, 2.24) is 0 Å². The third-order valence-corrected chi connectivity index (χ3v) is 2.75. The number of hydrogen-bond acceptors (Lipinski definition) is 2. The van der Waals surface area contributed by atoms with Crippen LogP contribution < -0.4 is 5.73 Å². The molecule has 15 heavy (non-hydrogen) atoms. The summed E-state index contributed by atoms with van der Waals surface area (Å²) in [5.41, 5.74) is 5.74. The van der Waals surface area contributed by atoms with Crippen LogP contribution in [0.15, 0.2) is 0 Å². The van der Waals surface area contributed by atoms with Gasteiger partial charge < -0.3 is 10.5 Å². The van der Waals surface area contributed by atoms with Gasteiger partial charge in [0.25, 0.3) is 0 Å². The molecule has 0 spiro atoms. The van der Waals surface area contributed by atoms with E-state index in [1.165, 1.54) is 44.9 Å². The summed E-state index contributed by atoms with van der Waals surface area (Å²) in [6.07, 6.45) is 10.4. The van der Waals surface area contributed by atoms with Crippen LogP contribution in [-0.2, 0) is 4.74 Å². The first-order valence-electron chi connectivity index (χ1n) is 6.64. The smallest absolute Gasteiger partial charge is 0.0617 e. The zero-order valence-electron chi connectivity index (χ0n) is 10.6. The van der Waals surface area contributed by atoms with Crippen molar-refractivity contribution in [3.8, 4) is 0 Å². The predicted molar refractivity (Wildman–Crippen MR) is 67.1 cm³/mol. The maximum atomic E-state index is 5.74. The maximum absolute atomic E-state index is 5.74. The van der Waals surface area contributed by atoms with Gasteiger partial charge in [0.2, 0.25) is 0 Å². The number of nitrogens with two attached hydrogens (primary N) is 1. The van der Waals surface area contributed by atoms with Gasteiger partial charge in [-0.2, -0.15) is 0 Å². The number of hydrogen-bond donors (Lipinski definition) is 1. The summed E-state index contributed by atoms with van der Waals surface area (Å²) >= 11 is 0. The molecule has 0 aromatic heterocycles. The Balaban J connectivity index is 2.92. The van der Waals surface area contributed by atoms with Crippen molar-refractivity contribution >= 4 is 0 Å². The van der Waals surface area contributed by atoms with Crippen molar-refractivity contribution in [3.05, 3.63) is 0 Å². The lowest BCUT2D eigenvalue weighted by Crippen LogP contribution is -2.25. The standard InChI is InChI=1S/C13H29NO/c1-3-5-6-7-8-9-10-11-15-12-13(14)4-2/h13H,3-12,14H2,1-2H3. The second kappa shape index (κ2) is 12.0. The molecule has 0 fully saturated rings. The Hall–Kier alpha value is -0.0800. The van der Waals surface area contributed by atoms with Crippen LogP contribution in [0.3, 0.4) is 0 Å². The number of ether oxygens (including phenoxy) is 1. The van der Waals surface area contributed by atoms with E-state index in [0.29, 0.717) is 0 Å². The van der Waals surface area contributed by atoms with Crippen molar-refractivity contribution in [2.45, 2.75) is 71.3 Å². The SMILES string of the molecule is CCCCCCCCCOCC(N)CC. The van der Waals surface area contributed by atoms with E-state index >= 15 is 0 Å². The Labute approximate surface area is 95.6 Å². The van der Waals surface area contributed by atoms with Crippen molar-refractivity contribution in [2.75, 3.05) is 13.2 Å². The van der Waals surface area contributed by atoms with Gasteiger partial charge >= 0.3 is 0 Å². The molecule has 0 aliphatic heterocycles. The fourth-order valence-electron chi connectivity index (χ4n) is 1.51. The summed E-state index contributed by atoms with van der Waals surface area (Å²) in [7, 11) is 0. The average Bonchev–Trinajstić information content (AvgIpc) is 2.26. The van der Waals surface area contributed by atoms with Crippen LogP contribution in [-0.4, -0.2) is 19.3 Å². The van der Waals surface area contributed by atoms with Gasteiger partial charge in [0, 0.05) is 12.6 Å². The lowest BCUT2D eigenvalue weighted by Gasteiger charge is -2.09. The highest BCUT2D eigenvalue weighted by Crippen LogP contribution is 2.06. The third kappa shape index (κ3) is 11.8. The number of rotatable bonds is 11. The number of unbranched alkanes of at least 4 members (excludes halogenated alkanes) is 6. The minimum absolute atomic E-state index is 0.231. The molecular weight excluding hydrogens is 186 g/mol. The lowest BCUT2D eigenvalue weighted by molar-refractivity contribution is 0.116. The zero-order valence-corrected chi connectivity index (χ0v) is 10.6. The summed E-state index contributed by atoms with van der Waals surface area (Å²) in [6, 6.07) is 0.231. The topological polar surface area (TPSA) is 35.2 Å². The Morgan fingerprint density at radius 1 is 0.933 bits per heavy atom. The van der Waals surface area contributed by atoms with Crippen molar-refractivity contribution in [2.24, 2.45) is 5.73 Å². The van der Waals surface area contributed by atoms with Crippen LogP contribution in [0.1, 0.15) is 65.2 Å². The highest BCUT2D eigenvalue weighted by atomic mass is 16.5. The molecule has 0 saturated heterocycles. The Morgan fingerprint density at radius 3 is 2.13 bits per heavy atom. The molecule has 92 valence electrons. The summed E-state index contributed by atoms with van der Waals surface area (Å²) in [5, 5.41) is 0. The molecule has 0 heterocycles. The first-order chi connectivity index (χ1) is 7.31. The second-order valence-electron chi connectivity index (χ2n) is 4.36. The minimum Gasteiger partial charge on any atom is -0.380 e. The normalized spacial score (nSPS) is 13.0. The van der Waals surface area contributed by atoms with Gasteiger partial charge in [0.1, 0.15) is 0 Å². The van der Waals surface area contributed by atoms with Crippen LogP contribution >= 0.6 is 0 Å². The van der Waals surface area contributed by atoms with E-state index in [1.54, 1.807) is 0 Å². The quantitative estimate of drug-likeness (QED) is 0.535. The second-order valence-corrected chi connectivity index (χ2v) is 4.36. The lowest BCUT2D eigenvalue weighted by atomic mass is 10.1. The van der Waals surface area contributed by atoms with E-state index in [9.17, 15) is 0 Å². The molecule has 2 heteroatoms. The maximum Gasteiger partial charge on any atom is 0.0617 e. The van der Waals surface area contributed by atoms with Gasteiger partial charge in [0.05, 0.1) is 6.61 Å². The van der Waals surface area contributed by atoms with Gasteiger partial charge in [0.15, 0.2) is 0 Å². The molecule has 0 rings (SSSR count). The Kier molecular flexibility index (Phi) is 11.9. The molecule has 0 aliphatic carbocycles. The van der Waals surface area contributed by atoms with E-state index in [0.717, 1.165) is 19.6 Å². The zero-order chi connectivity index (χ0) is 11.4. The molecule has 0 radical (unpaired) electrons. The van der Waals surface area contributed by atoms with Gasteiger partial charge in [-0.15, -0.1) is 0 Å². The average molecular weight is 215 g/mol. The highest BCUT2D eigenvalue weighted by Gasteiger charge is 1.97. The van der Waals surface area contributed by atoms with E-state index in [2.05, 4.69) is 13.8 Å². The monoisotopic (exact) mass is 215 g/mol. The minimum atomic E-state index is 0.231. The summed E-state index contributed by atoms with van der Waals surface area (Å²) in [6.45, 7) is 5.97. The van der Waals surface area contributed by atoms with Gasteiger partial charge in [-0.05, 0) is 12.8 Å². The first-order valence-corrected chi connectivity index (χ1v) is 6.64. The van der Waals surface area contributed by atoms with Crippen molar-refractivity contribution < 1.29 is 4.74 Å². The molecular formula is C13H29NO. The van der Waals surface area contributed by atoms with E-state index in [1.807, 2.05) is 0 Å². The molecule has 1 atom stereocenters. The van der Waals surface area contributed by atoms with Gasteiger partial charge in [-0.3, -0.25) is 0 Å². The molecule has 2 N–H and O–H groups in total. The summed E-state index contributed by atoms with van der Waals surface area (Å²) < 4.78 is 5.49. The van der Waals surface area contributed by atoms with Crippen LogP contribution in [0.4, 0.5) is 0 Å². The third-order valence-electron chi connectivity index (χ3n) is 2.75. The molecule has 0 aromatic rings. The molecule has 1 unspecified atom stereocenters. The summed E-state index contributed by atoms with van der Waals surface area (Å²) in [4.78, 5) is 0. The first kappa shape index (κ1) is 14.9.